The molecular weight excluding hydrogens is 242 g/mol. The average Bonchev–Trinajstić information content (AvgIpc) is 2.81. The van der Waals surface area contributed by atoms with Crippen LogP contribution in [0.5, 0.6) is 17.2 Å². The lowest BCUT2D eigenvalue weighted by Crippen LogP contribution is -2.04. The number of benzene rings is 1. The number of rotatable bonds is 4. The standard InChI is InChI=1S/C12H14ClNO3/c1-8(4-13)6-15-10-3-12-11(16-7-17-12)2-9(10)5-14/h2-4H,5-7,14H2,1H3/b8-4-. The Hall–Kier alpha value is -1.39. The molecule has 0 saturated carbocycles. The van der Waals surface area contributed by atoms with E-state index >= 15 is 0 Å². The first-order chi connectivity index (χ1) is 8.24. The first-order valence-electron chi connectivity index (χ1n) is 5.26. The van der Waals surface area contributed by atoms with Crippen molar-refractivity contribution in [3.8, 4) is 17.2 Å². The van der Waals surface area contributed by atoms with Crippen LogP contribution < -0.4 is 19.9 Å². The second-order valence-electron chi connectivity index (χ2n) is 3.76. The molecule has 2 rings (SSSR count). The molecule has 1 aliphatic heterocycles. The third-order valence-corrected chi connectivity index (χ3v) is 2.79. The van der Waals surface area contributed by atoms with E-state index in [2.05, 4.69) is 0 Å². The molecule has 0 unspecified atom stereocenters. The summed E-state index contributed by atoms with van der Waals surface area (Å²) < 4.78 is 16.2. The molecule has 0 bridgehead atoms. The Balaban J connectivity index is 2.20. The molecule has 1 heterocycles. The molecule has 1 aliphatic rings. The van der Waals surface area contributed by atoms with Crippen molar-refractivity contribution >= 4 is 11.6 Å². The molecule has 0 aliphatic carbocycles. The molecule has 2 N–H and O–H groups in total. The Labute approximate surface area is 105 Å². The summed E-state index contributed by atoms with van der Waals surface area (Å²) in [5, 5.41) is 0. The summed E-state index contributed by atoms with van der Waals surface area (Å²) in [6.07, 6.45) is 0. The van der Waals surface area contributed by atoms with E-state index in [1.807, 2.05) is 13.0 Å². The Morgan fingerprint density at radius 3 is 2.82 bits per heavy atom. The largest absolute Gasteiger partial charge is 0.489 e. The lowest BCUT2D eigenvalue weighted by Gasteiger charge is -2.11. The van der Waals surface area contributed by atoms with E-state index in [1.54, 1.807) is 6.07 Å². The van der Waals surface area contributed by atoms with Gasteiger partial charge in [0.25, 0.3) is 0 Å². The molecule has 17 heavy (non-hydrogen) atoms. The first-order valence-corrected chi connectivity index (χ1v) is 5.69. The zero-order chi connectivity index (χ0) is 12.3. The normalized spacial score (nSPS) is 13.9. The average molecular weight is 256 g/mol. The van der Waals surface area contributed by atoms with Crippen molar-refractivity contribution in [1.29, 1.82) is 0 Å². The maximum absolute atomic E-state index is 5.67. The zero-order valence-corrected chi connectivity index (χ0v) is 10.3. The minimum absolute atomic E-state index is 0.239. The highest BCUT2D eigenvalue weighted by atomic mass is 35.5. The van der Waals surface area contributed by atoms with E-state index < -0.39 is 0 Å². The molecule has 4 nitrogen and oxygen atoms in total. The van der Waals surface area contributed by atoms with Gasteiger partial charge in [0.1, 0.15) is 12.4 Å². The van der Waals surface area contributed by atoms with E-state index in [1.165, 1.54) is 5.54 Å². The number of nitrogens with two attached hydrogens (primary N) is 1. The van der Waals surface area contributed by atoms with Crippen LogP contribution in [0.2, 0.25) is 0 Å². The van der Waals surface area contributed by atoms with Gasteiger partial charge in [-0.25, -0.2) is 0 Å². The van der Waals surface area contributed by atoms with Crippen LogP contribution in [0.3, 0.4) is 0 Å². The smallest absolute Gasteiger partial charge is 0.231 e. The van der Waals surface area contributed by atoms with Crippen LogP contribution in [-0.4, -0.2) is 13.4 Å². The van der Waals surface area contributed by atoms with Crippen molar-refractivity contribution in [1.82, 2.24) is 0 Å². The van der Waals surface area contributed by atoms with E-state index in [0.29, 0.717) is 30.4 Å². The highest BCUT2D eigenvalue weighted by Gasteiger charge is 2.17. The Kier molecular flexibility index (Phi) is 3.76. The van der Waals surface area contributed by atoms with Crippen LogP contribution in [0.1, 0.15) is 12.5 Å². The van der Waals surface area contributed by atoms with Crippen LogP contribution in [0.4, 0.5) is 0 Å². The number of ether oxygens (including phenoxy) is 3. The number of fused-ring (bicyclic) bond motifs is 1. The van der Waals surface area contributed by atoms with Gasteiger partial charge < -0.3 is 19.9 Å². The summed E-state index contributed by atoms with van der Waals surface area (Å²) in [7, 11) is 0. The first kappa shape index (κ1) is 12.1. The van der Waals surface area contributed by atoms with Crippen LogP contribution in [-0.2, 0) is 6.54 Å². The van der Waals surface area contributed by atoms with Gasteiger partial charge in [-0.15, -0.1) is 0 Å². The molecular formula is C12H14ClNO3. The van der Waals surface area contributed by atoms with Gasteiger partial charge >= 0.3 is 0 Å². The summed E-state index contributed by atoms with van der Waals surface area (Å²) in [5.74, 6) is 2.10. The van der Waals surface area contributed by atoms with Gasteiger partial charge in [-0.1, -0.05) is 11.6 Å². The van der Waals surface area contributed by atoms with Gasteiger partial charge in [0.2, 0.25) is 6.79 Å². The molecule has 0 saturated heterocycles. The summed E-state index contributed by atoms with van der Waals surface area (Å²) >= 11 is 5.57. The minimum atomic E-state index is 0.239. The molecule has 1 aromatic rings. The van der Waals surface area contributed by atoms with Gasteiger partial charge in [-0.3, -0.25) is 0 Å². The van der Waals surface area contributed by atoms with Crippen molar-refractivity contribution < 1.29 is 14.2 Å². The quantitative estimate of drug-likeness (QED) is 0.898. The van der Waals surface area contributed by atoms with Gasteiger partial charge in [-0.05, 0) is 18.6 Å². The molecule has 0 aromatic heterocycles. The zero-order valence-electron chi connectivity index (χ0n) is 9.53. The van der Waals surface area contributed by atoms with Crippen LogP contribution in [0.15, 0.2) is 23.2 Å². The monoisotopic (exact) mass is 255 g/mol. The predicted octanol–water partition coefficient (Wildman–Crippen LogP) is 2.40. The maximum Gasteiger partial charge on any atom is 0.231 e. The molecule has 0 fully saturated rings. The Bertz CT molecular complexity index is 446. The van der Waals surface area contributed by atoms with Gasteiger partial charge in [0.15, 0.2) is 11.5 Å². The number of hydrogen-bond donors (Lipinski definition) is 1. The summed E-state index contributed by atoms with van der Waals surface area (Å²) in [6, 6.07) is 3.64. The van der Waals surface area contributed by atoms with Gasteiger partial charge in [0, 0.05) is 23.7 Å². The number of hydrogen-bond acceptors (Lipinski definition) is 4. The molecule has 0 atom stereocenters. The summed E-state index contributed by atoms with van der Waals surface area (Å²) in [6.45, 7) is 2.94. The molecule has 0 radical (unpaired) electrons. The molecule has 5 heteroatoms. The van der Waals surface area contributed by atoms with Crippen molar-refractivity contribution in [2.24, 2.45) is 5.73 Å². The summed E-state index contributed by atoms with van der Waals surface area (Å²) in [4.78, 5) is 0. The van der Waals surface area contributed by atoms with Crippen molar-refractivity contribution in [2.45, 2.75) is 13.5 Å². The van der Waals surface area contributed by atoms with Crippen molar-refractivity contribution in [2.75, 3.05) is 13.4 Å². The van der Waals surface area contributed by atoms with Crippen LogP contribution >= 0.6 is 11.6 Å². The van der Waals surface area contributed by atoms with Crippen LogP contribution in [0, 0.1) is 0 Å². The molecule has 0 spiro atoms. The topological polar surface area (TPSA) is 53.7 Å². The fraction of sp³-hybridized carbons (Fsp3) is 0.333. The Morgan fingerprint density at radius 2 is 2.18 bits per heavy atom. The van der Waals surface area contributed by atoms with Gasteiger partial charge in [-0.2, -0.15) is 0 Å². The summed E-state index contributed by atoms with van der Waals surface area (Å²) in [5.41, 5.74) is 8.98. The highest BCUT2D eigenvalue weighted by molar-refractivity contribution is 6.25. The lowest BCUT2D eigenvalue weighted by atomic mass is 10.1. The fourth-order valence-corrected chi connectivity index (χ4v) is 1.55. The lowest BCUT2D eigenvalue weighted by molar-refractivity contribution is 0.174. The second-order valence-corrected chi connectivity index (χ2v) is 3.98. The Morgan fingerprint density at radius 1 is 1.47 bits per heavy atom. The minimum Gasteiger partial charge on any atom is -0.489 e. The van der Waals surface area contributed by atoms with E-state index in [4.69, 9.17) is 31.5 Å². The fourth-order valence-electron chi connectivity index (χ4n) is 1.48. The predicted molar refractivity (Wildman–Crippen MR) is 65.6 cm³/mol. The van der Waals surface area contributed by atoms with E-state index in [0.717, 1.165) is 11.1 Å². The third-order valence-electron chi connectivity index (χ3n) is 2.42. The third kappa shape index (κ3) is 2.65. The van der Waals surface area contributed by atoms with Crippen LogP contribution in [0.25, 0.3) is 0 Å². The number of halogens is 1. The SMILES string of the molecule is C/C(=C/Cl)COc1cc2c(cc1CN)OCO2. The maximum atomic E-state index is 5.67. The van der Waals surface area contributed by atoms with Crippen molar-refractivity contribution in [3.63, 3.8) is 0 Å². The molecule has 92 valence electrons. The molecule has 1 aromatic carbocycles. The second kappa shape index (κ2) is 5.29. The molecule has 0 amide bonds. The van der Waals surface area contributed by atoms with Crippen molar-refractivity contribution in [3.05, 3.63) is 28.8 Å². The van der Waals surface area contributed by atoms with E-state index in [9.17, 15) is 0 Å². The van der Waals surface area contributed by atoms with E-state index in [-0.39, 0.29) is 6.79 Å². The van der Waals surface area contributed by atoms with Gasteiger partial charge in [0.05, 0.1) is 0 Å². The highest BCUT2D eigenvalue weighted by Crippen LogP contribution is 2.38.